The van der Waals surface area contributed by atoms with Crippen molar-refractivity contribution in [3.05, 3.63) is 59.4 Å². The van der Waals surface area contributed by atoms with Crippen LogP contribution in [0.25, 0.3) is 11.0 Å². The minimum absolute atomic E-state index is 0.0590. The van der Waals surface area contributed by atoms with Gasteiger partial charge in [-0.05, 0) is 63.1 Å². The summed E-state index contributed by atoms with van der Waals surface area (Å²) in [6.07, 6.45) is 5.88. The largest absolute Gasteiger partial charge is 0.469 e. The van der Waals surface area contributed by atoms with Gasteiger partial charge in [-0.3, -0.25) is 9.69 Å². The molecule has 184 valence electrons. The topological polar surface area (TPSA) is 84.7 Å². The van der Waals surface area contributed by atoms with Crippen LogP contribution in [-0.4, -0.2) is 39.9 Å². The normalized spacial score (nSPS) is 22.1. The van der Waals surface area contributed by atoms with Crippen molar-refractivity contribution in [1.29, 1.82) is 0 Å². The average Bonchev–Trinajstić information content (AvgIpc) is 3.26. The molecule has 0 bridgehead atoms. The Kier molecular flexibility index (Phi) is 6.50. The van der Waals surface area contributed by atoms with E-state index in [9.17, 15) is 14.7 Å². The molecule has 7 heteroatoms. The molecule has 0 spiro atoms. The van der Waals surface area contributed by atoms with Gasteiger partial charge < -0.3 is 14.4 Å². The van der Waals surface area contributed by atoms with Crippen LogP contribution in [-0.2, 0) is 28.8 Å². The van der Waals surface area contributed by atoms with Crippen LogP contribution in [0, 0.1) is 5.92 Å². The van der Waals surface area contributed by atoms with Crippen molar-refractivity contribution in [2.75, 3.05) is 12.0 Å². The Bertz CT molecular complexity index is 1240. The molecule has 1 fully saturated rings. The number of carbonyl (C=O) groups is 2. The van der Waals surface area contributed by atoms with Gasteiger partial charge in [0.15, 0.2) is 0 Å². The SMILES string of the molecule is COC(=O)[C@@H]1CCC[C@H](n2c(CCc3ccccc3)nc3c4c(ccc32)N(C(=O)O)[C@@H](C)CC4)C1. The maximum absolute atomic E-state index is 12.4. The molecule has 3 aromatic rings. The van der Waals surface area contributed by atoms with Crippen LogP contribution in [0.5, 0.6) is 0 Å². The van der Waals surface area contributed by atoms with Crippen molar-refractivity contribution < 1.29 is 19.4 Å². The number of benzene rings is 2. The summed E-state index contributed by atoms with van der Waals surface area (Å²) in [6.45, 7) is 1.96. The highest BCUT2D eigenvalue weighted by Crippen LogP contribution is 2.40. The van der Waals surface area contributed by atoms with E-state index in [0.717, 1.165) is 79.5 Å². The van der Waals surface area contributed by atoms with Crippen molar-refractivity contribution in [3.63, 3.8) is 0 Å². The molecule has 2 aliphatic rings. The van der Waals surface area contributed by atoms with Crippen LogP contribution in [0.15, 0.2) is 42.5 Å². The minimum Gasteiger partial charge on any atom is -0.469 e. The fraction of sp³-hybridized carbons (Fsp3) is 0.464. The summed E-state index contributed by atoms with van der Waals surface area (Å²) in [6, 6.07) is 14.5. The van der Waals surface area contributed by atoms with E-state index < -0.39 is 6.09 Å². The summed E-state index contributed by atoms with van der Waals surface area (Å²) < 4.78 is 7.42. The molecule has 7 nitrogen and oxygen atoms in total. The molecule has 1 aliphatic heterocycles. The monoisotopic (exact) mass is 475 g/mol. The van der Waals surface area contributed by atoms with Crippen molar-refractivity contribution >= 4 is 28.8 Å². The molecule has 1 amide bonds. The van der Waals surface area contributed by atoms with E-state index in [2.05, 4.69) is 28.8 Å². The van der Waals surface area contributed by atoms with E-state index in [0.29, 0.717) is 0 Å². The zero-order valence-electron chi connectivity index (χ0n) is 20.4. The van der Waals surface area contributed by atoms with Gasteiger partial charge in [0.1, 0.15) is 5.82 Å². The van der Waals surface area contributed by atoms with Crippen LogP contribution < -0.4 is 4.90 Å². The van der Waals surface area contributed by atoms with Gasteiger partial charge in [0, 0.05) is 24.1 Å². The van der Waals surface area contributed by atoms with Crippen LogP contribution in [0.1, 0.15) is 62.0 Å². The Morgan fingerprint density at radius 1 is 1.09 bits per heavy atom. The van der Waals surface area contributed by atoms with Crippen LogP contribution in [0.3, 0.4) is 0 Å². The van der Waals surface area contributed by atoms with Crippen molar-refractivity contribution in [1.82, 2.24) is 9.55 Å². The molecule has 2 heterocycles. The Balaban J connectivity index is 1.59. The number of amides is 1. The minimum atomic E-state index is -0.922. The Hall–Kier alpha value is -3.35. The van der Waals surface area contributed by atoms with E-state index in [1.807, 2.05) is 25.1 Å². The Labute approximate surface area is 205 Å². The molecule has 2 aromatic carbocycles. The van der Waals surface area contributed by atoms with E-state index in [4.69, 9.17) is 9.72 Å². The fourth-order valence-corrected chi connectivity index (χ4v) is 6.00. The first-order valence-corrected chi connectivity index (χ1v) is 12.6. The predicted octanol–water partition coefficient (Wildman–Crippen LogP) is 5.54. The zero-order chi connectivity index (χ0) is 24.5. The number of esters is 1. The van der Waals surface area contributed by atoms with E-state index in [1.54, 1.807) is 0 Å². The lowest BCUT2D eigenvalue weighted by Gasteiger charge is -2.33. The molecule has 0 radical (unpaired) electrons. The number of nitrogens with zero attached hydrogens (tertiary/aromatic N) is 3. The number of methoxy groups -OCH3 is 1. The maximum atomic E-state index is 12.4. The molecule has 3 atom stereocenters. The number of hydrogen-bond donors (Lipinski definition) is 1. The number of hydrogen-bond acceptors (Lipinski definition) is 4. The van der Waals surface area contributed by atoms with Gasteiger partial charge in [-0.25, -0.2) is 9.78 Å². The number of rotatable bonds is 5. The summed E-state index contributed by atoms with van der Waals surface area (Å²) in [5.41, 5.74) is 4.98. The number of imidazole rings is 1. The number of ether oxygens (including phenoxy) is 1. The Morgan fingerprint density at radius 3 is 2.63 bits per heavy atom. The van der Waals surface area contributed by atoms with Gasteiger partial charge >= 0.3 is 12.1 Å². The van der Waals surface area contributed by atoms with Gasteiger partial charge in [0.25, 0.3) is 0 Å². The predicted molar refractivity (Wildman–Crippen MR) is 135 cm³/mol. The number of fused-ring (bicyclic) bond motifs is 3. The van der Waals surface area contributed by atoms with Gasteiger partial charge in [-0.15, -0.1) is 0 Å². The third kappa shape index (κ3) is 4.40. The Morgan fingerprint density at radius 2 is 1.89 bits per heavy atom. The lowest BCUT2D eigenvalue weighted by atomic mass is 9.85. The summed E-state index contributed by atoms with van der Waals surface area (Å²) in [5, 5.41) is 9.86. The molecule has 0 saturated heterocycles. The summed E-state index contributed by atoms with van der Waals surface area (Å²) in [4.78, 5) is 31.0. The molecule has 1 saturated carbocycles. The van der Waals surface area contributed by atoms with Gasteiger partial charge in [0.2, 0.25) is 0 Å². The fourth-order valence-electron chi connectivity index (χ4n) is 6.00. The lowest BCUT2D eigenvalue weighted by molar-refractivity contribution is -0.147. The molecule has 35 heavy (non-hydrogen) atoms. The third-order valence-electron chi connectivity index (χ3n) is 7.76. The number of carbonyl (C=O) groups excluding carboxylic acids is 1. The van der Waals surface area contributed by atoms with Crippen molar-refractivity contribution in [3.8, 4) is 0 Å². The third-order valence-corrected chi connectivity index (χ3v) is 7.76. The number of aryl methyl sites for hydroxylation is 3. The highest BCUT2D eigenvalue weighted by Gasteiger charge is 2.34. The first-order valence-electron chi connectivity index (χ1n) is 12.6. The van der Waals surface area contributed by atoms with E-state index in [-0.39, 0.29) is 24.0 Å². The highest BCUT2D eigenvalue weighted by molar-refractivity contribution is 5.94. The van der Waals surface area contributed by atoms with Gasteiger partial charge in [-0.1, -0.05) is 36.8 Å². The van der Waals surface area contributed by atoms with E-state index in [1.165, 1.54) is 17.6 Å². The second-order valence-electron chi connectivity index (χ2n) is 9.90. The van der Waals surface area contributed by atoms with Crippen LogP contribution in [0.4, 0.5) is 10.5 Å². The number of carboxylic acid groups (broad SMARTS) is 1. The first kappa shape index (κ1) is 23.4. The second kappa shape index (κ2) is 9.72. The second-order valence-corrected chi connectivity index (χ2v) is 9.90. The molecular formula is C28H33N3O4. The standard InChI is InChI=1S/C28H33N3O4/c1-18-11-13-22-23(30(18)28(33)34)14-15-24-26(22)29-25(16-12-19-7-4-3-5-8-19)31(24)21-10-6-9-20(17-21)27(32)35-2/h3-5,7-8,14-15,18,20-21H,6,9-13,16-17H2,1-2H3,(H,33,34)/t18-,20+,21-/m0/s1. The van der Waals surface area contributed by atoms with Crippen LogP contribution >= 0.6 is 0 Å². The zero-order valence-corrected chi connectivity index (χ0v) is 20.4. The van der Waals surface area contributed by atoms with Crippen LogP contribution in [0.2, 0.25) is 0 Å². The first-order chi connectivity index (χ1) is 17.0. The molecule has 1 N–H and O–H groups in total. The van der Waals surface area contributed by atoms with Gasteiger partial charge in [-0.2, -0.15) is 0 Å². The average molecular weight is 476 g/mol. The van der Waals surface area contributed by atoms with Crippen molar-refractivity contribution in [2.45, 2.75) is 70.4 Å². The highest BCUT2D eigenvalue weighted by atomic mass is 16.5. The summed E-state index contributed by atoms with van der Waals surface area (Å²) in [5.74, 6) is 0.779. The maximum Gasteiger partial charge on any atom is 0.412 e. The number of aromatic nitrogens is 2. The van der Waals surface area contributed by atoms with Crippen molar-refractivity contribution in [2.24, 2.45) is 5.92 Å². The number of anilines is 1. The summed E-state index contributed by atoms with van der Waals surface area (Å²) in [7, 11) is 1.46. The lowest BCUT2D eigenvalue weighted by Crippen LogP contribution is -2.41. The van der Waals surface area contributed by atoms with Gasteiger partial charge in [0.05, 0.1) is 29.7 Å². The smallest absolute Gasteiger partial charge is 0.412 e. The molecular weight excluding hydrogens is 442 g/mol. The van der Waals surface area contributed by atoms with E-state index >= 15 is 0 Å². The molecule has 5 rings (SSSR count). The molecule has 1 aromatic heterocycles. The molecule has 0 unspecified atom stereocenters. The molecule has 1 aliphatic carbocycles. The summed E-state index contributed by atoms with van der Waals surface area (Å²) >= 11 is 0. The quantitative estimate of drug-likeness (QED) is 0.490.